The van der Waals surface area contributed by atoms with Crippen molar-refractivity contribution in [2.45, 2.75) is 38.3 Å². The molecule has 2 aromatic heterocycles. The standard InChI is InChI=1S/C17H17F3N4O3.C5H11NS/c1-17(2,26)15(21)10-3-9(7-25)5-23-16(10)24-12-4-14(22-6-11(12)18)27-8-13(19)20;1-5(6-2)3-7-4-5/h3-7,13,21,26H,8H2,1-2H3,(H,22,23,24);6H,3-4H2,1-2H3. The van der Waals surface area contributed by atoms with Gasteiger partial charge >= 0.3 is 0 Å². The van der Waals surface area contributed by atoms with Crippen molar-refractivity contribution in [3.05, 3.63) is 41.5 Å². The number of nitrogens with one attached hydrogen (secondary N) is 3. The molecule has 0 aromatic carbocycles. The largest absolute Gasteiger partial charge is 0.472 e. The van der Waals surface area contributed by atoms with E-state index in [0.29, 0.717) is 11.8 Å². The van der Waals surface area contributed by atoms with Gasteiger partial charge in [-0.3, -0.25) is 4.79 Å². The number of carbonyl (C=O) groups is 1. The highest BCUT2D eigenvalue weighted by Crippen LogP contribution is 2.28. The molecular weight excluding hydrogens is 471 g/mol. The van der Waals surface area contributed by atoms with Crippen LogP contribution in [0, 0.1) is 11.2 Å². The Bertz CT molecular complexity index is 1010. The lowest BCUT2D eigenvalue weighted by Gasteiger charge is -2.37. The van der Waals surface area contributed by atoms with Crippen LogP contribution in [0.3, 0.4) is 0 Å². The molecule has 0 atom stereocenters. The van der Waals surface area contributed by atoms with Crippen LogP contribution < -0.4 is 15.4 Å². The van der Waals surface area contributed by atoms with E-state index in [4.69, 9.17) is 10.1 Å². The van der Waals surface area contributed by atoms with Gasteiger partial charge in [0.2, 0.25) is 5.88 Å². The van der Waals surface area contributed by atoms with Crippen LogP contribution in [0.4, 0.5) is 24.7 Å². The molecule has 1 aliphatic heterocycles. The maximum atomic E-state index is 14.1. The molecule has 1 fully saturated rings. The van der Waals surface area contributed by atoms with Crippen LogP contribution in [-0.2, 0) is 0 Å². The van der Waals surface area contributed by atoms with Crippen molar-refractivity contribution in [3.8, 4) is 5.88 Å². The number of ether oxygens (including phenoxy) is 1. The van der Waals surface area contributed by atoms with E-state index < -0.39 is 24.5 Å². The highest BCUT2D eigenvalue weighted by Gasteiger charge is 2.30. The van der Waals surface area contributed by atoms with Gasteiger partial charge in [-0.2, -0.15) is 11.8 Å². The summed E-state index contributed by atoms with van der Waals surface area (Å²) in [5, 5.41) is 24.0. The van der Waals surface area contributed by atoms with Crippen LogP contribution in [0.15, 0.2) is 24.5 Å². The fraction of sp³-hybridized carbons (Fsp3) is 0.455. The van der Waals surface area contributed by atoms with Crippen LogP contribution in [0.2, 0.25) is 0 Å². The minimum absolute atomic E-state index is 0.0161. The Morgan fingerprint density at radius 2 is 2.03 bits per heavy atom. The Kier molecular flexibility index (Phi) is 9.42. The maximum absolute atomic E-state index is 14.1. The molecule has 12 heteroatoms. The summed E-state index contributed by atoms with van der Waals surface area (Å²) >= 11 is 2.01. The van der Waals surface area contributed by atoms with Crippen molar-refractivity contribution in [1.82, 2.24) is 15.3 Å². The van der Waals surface area contributed by atoms with E-state index in [1.807, 2.05) is 18.8 Å². The number of aromatic nitrogens is 2. The van der Waals surface area contributed by atoms with Crippen molar-refractivity contribution >= 4 is 35.3 Å². The summed E-state index contributed by atoms with van der Waals surface area (Å²) in [5.74, 6) is 1.49. The number of halogens is 3. The van der Waals surface area contributed by atoms with Crippen molar-refractivity contribution in [3.63, 3.8) is 0 Å². The molecule has 8 nitrogen and oxygen atoms in total. The molecule has 186 valence electrons. The Hall–Kier alpha value is -2.70. The molecule has 0 amide bonds. The van der Waals surface area contributed by atoms with Gasteiger partial charge in [-0.05, 0) is 33.9 Å². The molecule has 0 saturated carbocycles. The van der Waals surface area contributed by atoms with Gasteiger partial charge in [0.1, 0.15) is 11.4 Å². The quantitative estimate of drug-likeness (QED) is 0.305. The van der Waals surface area contributed by atoms with E-state index >= 15 is 0 Å². The molecule has 0 radical (unpaired) electrons. The zero-order valence-electron chi connectivity index (χ0n) is 19.3. The molecule has 4 N–H and O–H groups in total. The molecule has 34 heavy (non-hydrogen) atoms. The third kappa shape index (κ3) is 7.67. The van der Waals surface area contributed by atoms with E-state index in [-0.39, 0.29) is 34.2 Å². The van der Waals surface area contributed by atoms with Gasteiger partial charge in [-0.15, -0.1) is 0 Å². The molecule has 3 heterocycles. The van der Waals surface area contributed by atoms with Crippen molar-refractivity contribution in [1.29, 1.82) is 5.41 Å². The zero-order chi connectivity index (χ0) is 25.5. The Balaban J connectivity index is 0.000000497. The van der Waals surface area contributed by atoms with E-state index in [0.717, 1.165) is 12.3 Å². The lowest BCUT2D eigenvalue weighted by molar-refractivity contribution is 0.0795. The van der Waals surface area contributed by atoms with Crippen molar-refractivity contribution in [2.75, 3.05) is 30.5 Å². The molecule has 1 aliphatic rings. The summed E-state index contributed by atoms with van der Waals surface area (Å²) in [5.41, 5.74) is -1.30. The summed E-state index contributed by atoms with van der Waals surface area (Å²) < 4.78 is 43.3. The Labute approximate surface area is 200 Å². The van der Waals surface area contributed by atoms with Crippen LogP contribution in [-0.4, -0.2) is 69.8 Å². The first-order valence-corrected chi connectivity index (χ1v) is 11.4. The number of hydrogen-bond acceptors (Lipinski definition) is 9. The second kappa shape index (κ2) is 11.6. The average Bonchev–Trinajstić information content (AvgIpc) is 2.77. The molecule has 0 bridgehead atoms. The topological polar surface area (TPSA) is 120 Å². The fourth-order valence-corrected chi connectivity index (χ4v) is 3.69. The van der Waals surface area contributed by atoms with Gasteiger partial charge in [-0.25, -0.2) is 23.1 Å². The summed E-state index contributed by atoms with van der Waals surface area (Å²) in [6.45, 7) is 4.09. The number of aldehydes is 1. The predicted molar refractivity (Wildman–Crippen MR) is 127 cm³/mol. The number of pyridine rings is 2. The minimum atomic E-state index is -2.72. The Morgan fingerprint density at radius 1 is 1.35 bits per heavy atom. The van der Waals surface area contributed by atoms with Crippen molar-refractivity contribution in [2.24, 2.45) is 0 Å². The van der Waals surface area contributed by atoms with Gasteiger partial charge < -0.3 is 25.9 Å². The molecule has 2 aromatic rings. The number of nitrogens with zero attached hydrogens (tertiary/aromatic N) is 2. The smallest absolute Gasteiger partial charge is 0.272 e. The predicted octanol–water partition coefficient (Wildman–Crippen LogP) is 3.67. The molecule has 3 rings (SSSR count). The number of anilines is 2. The van der Waals surface area contributed by atoms with E-state index in [2.05, 4.69) is 27.5 Å². The number of carbonyl (C=O) groups excluding carboxylic acids is 1. The third-order valence-corrected chi connectivity index (χ3v) is 6.49. The second-order valence-corrected chi connectivity index (χ2v) is 9.34. The maximum Gasteiger partial charge on any atom is 0.272 e. The van der Waals surface area contributed by atoms with Gasteiger partial charge in [0, 0.05) is 40.4 Å². The summed E-state index contributed by atoms with van der Waals surface area (Å²) in [6, 6.07) is 2.38. The van der Waals surface area contributed by atoms with Crippen LogP contribution in [0.1, 0.15) is 36.7 Å². The highest BCUT2D eigenvalue weighted by atomic mass is 32.2. The van der Waals surface area contributed by atoms with E-state index in [9.17, 15) is 23.1 Å². The number of thioether (sulfide) groups is 1. The third-order valence-electron chi connectivity index (χ3n) is 4.81. The number of aliphatic hydroxyl groups is 1. The molecule has 0 unspecified atom stereocenters. The van der Waals surface area contributed by atoms with Crippen LogP contribution >= 0.6 is 11.8 Å². The average molecular weight is 500 g/mol. The first-order chi connectivity index (χ1) is 15.9. The molecule has 0 spiro atoms. The van der Waals surface area contributed by atoms with Crippen molar-refractivity contribution < 1.29 is 27.8 Å². The lowest BCUT2D eigenvalue weighted by atomic mass is 9.95. The zero-order valence-corrected chi connectivity index (χ0v) is 20.1. The number of hydrogen-bond donors (Lipinski definition) is 4. The van der Waals surface area contributed by atoms with Crippen LogP contribution in [0.25, 0.3) is 0 Å². The number of alkyl halides is 2. The molecule has 1 saturated heterocycles. The fourth-order valence-electron chi connectivity index (χ4n) is 2.59. The monoisotopic (exact) mass is 499 g/mol. The first-order valence-electron chi connectivity index (χ1n) is 10.3. The van der Waals surface area contributed by atoms with Crippen LogP contribution in [0.5, 0.6) is 5.88 Å². The SMILES string of the molecule is CC(C)(O)C(=N)c1cc(C=O)cnc1Nc1cc(OCC(F)F)ncc1F.CNC1(C)CSC1. The normalized spacial score (nSPS) is 14.5. The van der Waals surface area contributed by atoms with Gasteiger partial charge in [0.05, 0.1) is 17.6 Å². The lowest BCUT2D eigenvalue weighted by Crippen LogP contribution is -2.51. The Morgan fingerprint density at radius 3 is 2.50 bits per heavy atom. The summed E-state index contributed by atoms with van der Waals surface area (Å²) in [4.78, 5) is 18.5. The summed E-state index contributed by atoms with van der Waals surface area (Å²) in [7, 11) is 2.03. The van der Waals surface area contributed by atoms with Gasteiger partial charge in [0.25, 0.3) is 6.43 Å². The first kappa shape index (κ1) is 27.5. The number of rotatable bonds is 9. The van der Waals surface area contributed by atoms with Gasteiger partial charge in [0.15, 0.2) is 18.7 Å². The van der Waals surface area contributed by atoms with E-state index in [1.54, 1.807) is 0 Å². The van der Waals surface area contributed by atoms with E-state index in [1.165, 1.54) is 37.6 Å². The summed E-state index contributed by atoms with van der Waals surface area (Å²) in [6.07, 6.45) is -0.223. The minimum Gasteiger partial charge on any atom is -0.472 e. The highest BCUT2D eigenvalue weighted by molar-refractivity contribution is 8.00. The van der Waals surface area contributed by atoms with Gasteiger partial charge in [-0.1, -0.05) is 0 Å². The molecular formula is C22H28F3N5O3S. The molecule has 0 aliphatic carbocycles. The second-order valence-electron chi connectivity index (χ2n) is 8.35.